The van der Waals surface area contributed by atoms with E-state index in [0.717, 1.165) is 0 Å². The van der Waals surface area contributed by atoms with Crippen LogP contribution in [0.4, 0.5) is 0 Å². The Morgan fingerprint density at radius 3 is 1.90 bits per heavy atom. The minimum absolute atomic E-state index is 0.0323. The Hall–Kier alpha value is -4.59. The molecule has 1 aliphatic heterocycles. The number of hydrogen-bond acceptors (Lipinski definition) is 12. The summed E-state index contributed by atoms with van der Waals surface area (Å²) in [5.74, 6) is -6.57. The van der Waals surface area contributed by atoms with Crippen molar-refractivity contribution in [3.8, 4) is 0 Å². The van der Waals surface area contributed by atoms with Crippen molar-refractivity contribution in [2.24, 2.45) is 5.92 Å². The van der Waals surface area contributed by atoms with Crippen molar-refractivity contribution in [3.63, 3.8) is 0 Å². The summed E-state index contributed by atoms with van der Waals surface area (Å²) < 4.78 is 15.5. The molecule has 1 fully saturated rings. The van der Waals surface area contributed by atoms with Gasteiger partial charge in [0.05, 0.1) is 59.5 Å². The molecule has 0 spiro atoms. The molecule has 24 heteroatoms. The lowest BCUT2D eigenvalue weighted by molar-refractivity contribution is -0.139. The quantitative estimate of drug-likeness (QED) is 0.0686. The van der Waals surface area contributed by atoms with Crippen LogP contribution < -0.4 is 31.9 Å². The fourth-order valence-electron chi connectivity index (χ4n) is 5.04. The summed E-state index contributed by atoms with van der Waals surface area (Å²) in [6.45, 7) is 2.66. The summed E-state index contributed by atoms with van der Waals surface area (Å²) in [7, 11) is -2.94. The van der Waals surface area contributed by atoms with Gasteiger partial charge in [0, 0.05) is 29.6 Å². The average Bonchev–Trinajstić information content (AvgIpc) is 3.52. The topological polar surface area (TPSA) is 257 Å². The Bertz CT molecular complexity index is 1860. The third-order valence-corrected chi connectivity index (χ3v) is 8.95. The zero-order valence-electron chi connectivity index (χ0n) is 31.2. The molecule has 1 heterocycles. The minimum atomic E-state index is -1.76. The number of carbonyl (C=O) groups excluding carboxylic acids is 8. The molecule has 6 amide bonds. The van der Waals surface area contributed by atoms with Crippen LogP contribution in [0.3, 0.4) is 0 Å². The van der Waals surface area contributed by atoms with Gasteiger partial charge < -0.3 is 50.9 Å². The van der Waals surface area contributed by atoms with E-state index in [1.807, 2.05) is 13.8 Å². The van der Waals surface area contributed by atoms with Gasteiger partial charge in [-0.05, 0) is 48.7 Å². The van der Waals surface area contributed by atoms with Crippen LogP contribution in [0.1, 0.15) is 60.2 Å². The Morgan fingerprint density at radius 2 is 1.33 bits per heavy atom. The van der Waals surface area contributed by atoms with Crippen molar-refractivity contribution < 1.29 is 57.3 Å². The van der Waals surface area contributed by atoms with Crippen molar-refractivity contribution in [3.05, 3.63) is 67.6 Å². The second kappa shape index (κ2) is 23.7. The fraction of sp³-hybridized carbons (Fsp3) is 0.412. The number of hydrogen-bond donors (Lipinski definition) is 7. The summed E-state index contributed by atoms with van der Waals surface area (Å²) in [6.07, 6.45) is -2.44. The van der Waals surface area contributed by atoms with Crippen LogP contribution in [-0.4, -0.2) is 111 Å². The number of rotatable bonds is 21. The van der Waals surface area contributed by atoms with Gasteiger partial charge in [0.25, 0.3) is 17.8 Å². The van der Waals surface area contributed by atoms with Crippen LogP contribution in [-0.2, 0) is 42.7 Å². The third kappa shape index (κ3) is 16.7. The number of benzene rings is 2. The van der Waals surface area contributed by atoms with E-state index in [2.05, 4.69) is 31.9 Å². The molecule has 0 radical (unpaired) electrons. The first-order valence-electron chi connectivity index (χ1n) is 17.7. The van der Waals surface area contributed by atoms with Gasteiger partial charge in [-0.2, -0.15) is 0 Å². The monoisotopic (exact) mass is 886 g/mol. The molecule has 0 bridgehead atoms. The number of halogens is 4. The third-order valence-electron chi connectivity index (χ3n) is 7.82. The van der Waals surface area contributed by atoms with Crippen molar-refractivity contribution in [1.82, 2.24) is 31.9 Å². The Labute approximate surface area is 353 Å². The smallest absolute Gasteiger partial charge is 0.508 e. The van der Waals surface area contributed by atoms with Crippen LogP contribution in [0.2, 0.25) is 20.1 Å². The first-order valence-corrected chi connectivity index (χ1v) is 19.2. The Kier molecular flexibility index (Phi) is 19.5. The molecular weight excluding hydrogens is 848 g/mol. The second-order valence-electron chi connectivity index (χ2n) is 13.0. The Balaban J connectivity index is 1.29. The molecule has 18 nitrogen and oxygen atoms in total. The molecule has 7 N–H and O–H groups in total. The van der Waals surface area contributed by atoms with Crippen LogP contribution in [0.25, 0.3) is 0 Å². The van der Waals surface area contributed by atoms with Gasteiger partial charge in [0.2, 0.25) is 23.6 Å². The summed E-state index contributed by atoms with van der Waals surface area (Å²) in [5, 5.41) is 26.1. The lowest BCUT2D eigenvalue weighted by Crippen LogP contribution is -2.51. The largest absolute Gasteiger partial charge is 0.548 e. The summed E-state index contributed by atoms with van der Waals surface area (Å²) >= 11 is 23.8. The molecule has 0 saturated carbocycles. The molecule has 2 atom stereocenters. The van der Waals surface area contributed by atoms with E-state index >= 15 is 0 Å². The number of nitrogens with one attached hydrogen (secondary N) is 6. The number of amides is 6. The van der Waals surface area contributed by atoms with Gasteiger partial charge in [0.15, 0.2) is 0 Å². The maximum absolute atomic E-state index is 12.6. The number of carbonyl (C=O) groups is 8. The van der Waals surface area contributed by atoms with E-state index in [1.165, 1.54) is 36.4 Å². The molecular formula is C34H40B2Cl4N6O12. The van der Waals surface area contributed by atoms with E-state index in [-0.39, 0.29) is 69.5 Å². The van der Waals surface area contributed by atoms with Gasteiger partial charge in [-0.15, -0.1) is 0 Å². The molecule has 0 aromatic heterocycles. The van der Waals surface area contributed by atoms with E-state index in [1.54, 1.807) is 0 Å². The Morgan fingerprint density at radius 1 is 0.776 bits per heavy atom. The van der Waals surface area contributed by atoms with Gasteiger partial charge in [-0.25, -0.2) is 0 Å². The van der Waals surface area contributed by atoms with Crippen molar-refractivity contribution in [2.45, 2.75) is 51.6 Å². The van der Waals surface area contributed by atoms with E-state index in [9.17, 15) is 43.4 Å². The maximum atomic E-state index is 12.6. The SMILES string of the molecule is CC(C)C[C@H](NC(=O)CNC(=O)c1cc(Cl)ccc1Cl)B(O)OC(=O)CCC(=O)NCCNC(=O)C[C@H]1OB(CNC(=O)CNC(=O)c2cc(Cl)ccc2Cl)OC1=O. The summed E-state index contributed by atoms with van der Waals surface area (Å²) in [6, 6.07) is 8.56. The summed E-state index contributed by atoms with van der Waals surface area (Å²) in [5.41, 5.74) is 0.142. The predicted octanol–water partition coefficient (Wildman–Crippen LogP) is 1.04. The van der Waals surface area contributed by atoms with Gasteiger partial charge >= 0.3 is 20.2 Å². The minimum Gasteiger partial charge on any atom is -0.508 e. The molecule has 2 aromatic carbocycles. The van der Waals surface area contributed by atoms with Gasteiger partial charge in [-0.3, -0.25) is 38.4 Å². The average molecular weight is 888 g/mol. The lowest BCUT2D eigenvalue weighted by atomic mass is 9.74. The van der Waals surface area contributed by atoms with E-state index in [0.29, 0.717) is 0 Å². The fourth-order valence-corrected chi connectivity index (χ4v) is 5.79. The summed E-state index contributed by atoms with van der Waals surface area (Å²) in [4.78, 5) is 98.6. The van der Waals surface area contributed by atoms with Crippen LogP contribution in [0, 0.1) is 5.92 Å². The van der Waals surface area contributed by atoms with Gasteiger partial charge in [0.1, 0.15) is 6.10 Å². The first kappa shape index (κ1) is 47.8. The van der Waals surface area contributed by atoms with Gasteiger partial charge in [-0.1, -0.05) is 60.3 Å². The van der Waals surface area contributed by atoms with Crippen molar-refractivity contribution in [1.29, 1.82) is 0 Å². The molecule has 3 rings (SSSR count). The van der Waals surface area contributed by atoms with Crippen molar-refractivity contribution in [2.75, 3.05) is 32.6 Å². The van der Waals surface area contributed by atoms with Crippen LogP contribution >= 0.6 is 46.4 Å². The van der Waals surface area contributed by atoms with E-state index < -0.39 is 99.6 Å². The highest BCUT2D eigenvalue weighted by Crippen LogP contribution is 2.21. The highest BCUT2D eigenvalue weighted by molar-refractivity contribution is 6.49. The van der Waals surface area contributed by atoms with Crippen LogP contribution in [0.15, 0.2) is 36.4 Å². The zero-order valence-corrected chi connectivity index (χ0v) is 34.2. The highest BCUT2D eigenvalue weighted by atomic mass is 35.5. The van der Waals surface area contributed by atoms with Crippen molar-refractivity contribution >= 4 is 108 Å². The molecule has 2 aromatic rings. The predicted molar refractivity (Wildman–Crippen MR) is 213 cm³/mol. The van der Waals surface area contributed by atoms with Crippen LogP contribution in [0.5, 0.6) is 0 Å². The highest BCUT2D eigenvalue weighted by Gasteiger charge is 2.41. The second-order valence-corrected chi connectivity index (χ2v) is 14.7. The van der Waals surface area contributed by atoms with E-state index in [4.69, 9.17) is 60.4 Å². The molecule has 0 aliphatic carbocycles. The molecule has 312 valence electrons. The molecule has 58 heavy (non-hydrogen) atoms. The molecule has 0 unspecified atom stereocenters. The normalized spacial score (nSPS) is 13.8. The standard InChI is InChI=1S/C34H40B2Cl4N6O12/c1-18(2)11-26(46-30(50)16-44-33(53)22-13-20(38)4-6-24(22)40)36(55)57-31(51)8-7-27(47)41-9-10-42-28(48)14-25-34(54)58-35(56-25)17-45-29(49)15-43-32(52)21-12-19(37)3-5-23(21)39/h3-6,12-13,18,25-26,55H,7-11,14-17H2,1-2H3,(H,41,47)(H,42,48)(H,43,52)(H,44,53)(H,45,49)(H,46,50)/t25-,26+/m1/s1. The zero-order chi connectivity index (χ0) is 42.9. The first-order chi connectivity index (χ1) is 27.4. The molecule has 1 aliphatic rings. The maximum Gasteiger partial charge on any atom is 0.548 e. The lowest BCUT2D eigenvalue weighted by Gasteiger charge is -2.22. The molecule has 1 saturated heterocycles.